The number of methoxy groups -OCH3 is 1. The summed E-state index contributed by atoms with van der Waals surface area (Å²) in [5.74, 6) is 0.0275. The summed E-state index contributed by atoms with van der Waals surface area (Å²) < 4.78 is 9.19. The van der Waals surface area contributed by atoms with Crippen molar-refractivity contribution in [1.82, 2.24) is 0 Å². The van der Waals surface area contributed by atoms with Gasteiger partial charge in [-0.1, -0.05) is 0 Å². The molecule has 100 valence electrons. The summed E-state index contributed by atoms with van der Waals surface area (Å²) in [5, 5.41) is 19.0. The van der Waals surface area contributed by atoms with E-state index in [0.29, 0.717) is 19.6 Å². The van der Waals surface area contributed by atoms with E-state index in [1.807, 2.05) is 0 Å². The number of carboxylic acid groups (broad SMARTS) is 1. The minimum Gasteiger partial charge on any atom is -0.480 e. The van der Waals surface area contributed by atoms with Crippen molar-refractivity contribution in [3.05, 3.63) is 0 Å². The molecule has 1 heterocycles. The van der Waals surface area contributed by atoms with E-state index in [-0.39, 0.29) is 13.0 Å². The molecule has 2 atom stereocenters. The average Bonchev–Trinajstić information content (AvgIpc) is 2.74. The number of thioether (sulfide) groups is 1. The Bertz CT molecular complexity index is 240. The van der Waals surface area contributed by atoms with Gasteiger partial charge in [-0.25, -0.2) is 0 Å². The van der Waals surface area contributed by atoms with Crippen LogP contribution in [0.15, 0.2) is 0 Å². The molecular weight excluding hydrogens is 244 g/mol. The summed E-state index contributed by atoms with van der Waals surface area (Å²) in [6.07, 6.45) is 1.05. The van der Waals surface area contributed by atoms with Gasteiger partial charge >= 0.3 is 5.97 Å². The minimum atomic E-state index is -0.823. The van der Waals surface area contributed by atoms with Gasteiger partial charge in [0.05, 0.1) is 25.9 Å². The zero-order valence-corrected chi connectivity index (χ0v) is 10.9. The third kappa shape index (κ3) is 4.46. The van der Waals surface area contributed by atoms with Crippen molar-refractivity contribution < 1.29 is 24.5 Å². The van der Waals surface area contributed by atoms with Crippen molar-refractivity contribution in [2.75, 3.05) is 32.7 Å². The van der Waals surface area contributed by atoms with Gasteiger partial charge in [0.1, 0.15) is 4.75 Å². The van der Waals surface area contributed by atoms with Crippen LogP contribution in [0.25, 0.3) is 0 Å². The van der Waals surface area contributed by atoms with Crippen LogP contribution in [0.5, 0.6) is 0 Å². The fraction of sp³-hybridized carbons (Fsp3) is 0.909. The van der Waals surface area contributed by atoms with Crippen molar-refractivity contribution >= 4 is 17.7 Å². The van der Waals surface area contributed by atoms with Gasteiger partial charge in [-0.3, -0.25) is 4.79 Å². The number of hydrogen-bond acceptors (Lipinski definition) is 5. The zero-order chi connectivity index (χ0) is 12.7. The minimum absolute atomic E-state index is 0.166. The Hall–Kier alpha value is -0.300. The molecule has 2 N–H and O–H groups in total. The quantitative estimate of drug-likeness (QED) is 0.630. The van der Waals surface area contributed by atoms with Gasteiger partial charge in [0.2, 0.25) is 0 Å². The first-order chi connectivity index (χ1) is 8.10. The molecule has 2 unspecified atom stereocenters. The topological polar surface area (TPSA) is 76.0 Å². The summed E-state index contributed by atoms with van der Waals surface area (Å²) in [4.78, 5) is 11.2. The highest BCUT2D eigenvalue weighted by atomic mass is 32.2. The second-order valence-electron chi connectivity index (χ2n) is 4.18. The zero-order valence-electron chi connectivity index (χ0n) is 10.1. The SMILES string of the molecule is COCCOCC(O)CC1(C(=O)O)CCCS1. The molecule has 6 heteroatoms. The Morgan fingerprint density at radius 2 is 2.29 bits per heavy atom. The van der Waals surface area contributed by atoms with Crippen molar-refractivity contribution in [2.24, 2.45) is 0 Å². The lowest BCUT2D eigenvalue weighted by molar-refractivity contribution is -0.141. The summed E-state index contributed by atoms with van der Waals surface area (Å²) in [5.41, 5.74) is 0. The molecule has 0 aromatic carbocycles. The number of carbonyl (C=O) groups is 1. The normalized spacial score (nSPS) is 26.0. The molecule has 5 nitrogen and oxygen atoms in total. The summed E-state index contributed by atoms with van der Waals surface area (Å²) >= 11 is 1.43. The molecule has 0 bridgehead atoms. The third-order valence-corrected chi connectivity index (χ3v) is 4.39. The lowest BCUT2D eigenvalue weighted by atomic mass is 9.96. The number of carboxylic acids is 1. The fourth-order valence-electron chi connectivity index (χ4n) is 1.92. The first kappa shape index (κ1) is 14.8. The molecule has 0 radical (unpaired) electrons. The lowest BCUT2D eigenvalue weighted by Crippen LogP contribution is -2.37. The van der Waals surface area contributed by atoms with E-state index in [1.54, 1.807) is 7.11 Å². The number of ether oxygens (including phenoxy) is 2. The summed E-state index contributed by atoms with van der Waals surface area (Å²) in [6, 6.07) is 0. The van der Waals surface area contributed by atoms with E-state index in [4.69, 9.17) is 9.47 Å². The maximum absolute atomic E-state index is 11.2. The second kappa shape index (κ2) is 7.20. The Morgan fingerprint density at radius 1 is 1.53 bits per heavy atom. The van der Waals surface area contributed by atoms with E-state index in [0.717, 1.165) is 12.2 Å². The van der Waals surface area contributed by atoms with Crippen molar-refractivity contribution in [3.63, 3.8) is 0 Å². The Morgan fingerprint density at radius 3 is 2.82 bits per heavy atom. The molecule has 0 spiro atoms. The maximum atomic E-state index is 11.2. The van der Waals surface area contributed by atoms with E-state index in [9.17, 15) is 15.0 Å². The van der Waals surface area contributed by atoms with Crippen LogP contribution < -0.4 is 0 Å². The van der Waals surface area contributed by atoms with Crippen LogP contribution in [0.4, 0.5) is 0 Å². The Labute approximate surface area is 105 Å². The smallest absolute Gasteiger partial charge is 0.319 e. The lowest BCUT2D eigenvalue weighted by Gasteiger charge is -2.25. The van der Waals surface area contributed by atoms with Gasteiger partial charge in [0.15, 0.2) is 0 Å². The predicted octanol–water partition coefficient (Wildman–Crippen LogP) is 0.751. The van der Waals surface area contributed by atoms with Crippen molar-refractivity contribution in [2.45, 2.75) is 30.1 Å². The van der Waals surface area contributed by atoms with Gasteiger partial charge in [0.25, 0.3) is 0 Å². The van der Waals surface area contributed by atoms with Crippen LogP contribution in [-0.2, 0) is 14.3 Å². The van der Waals surface area contributed by atoms with E-state index >= 15 is 0 Å². The molecule has 0 aliphatic carbocycles. The molecule has 0 aromatic rings. The first-order valence-electron chi connectivity index (χ1n) is 5.73. The molecule has 0 amide bonds. The highest BCUT2D eigenvalue weighted by molar-refractivity contribution is 8.01. The van der Waals surface area contributed by atoms with Crippen LogP contribution >= 0.6 is 11.8 Å². The van der Waals surface area contributed by atoms with Crippen molar-refractivity contribution in [1.29, 1.82) is 0 Å². The molecule has 1 fully saturated rings. The average molecular weight is 264 g/mol. The number of aliphatic hydroxyl groups is 1. The molecule has 0 aromatic heterocycles. The van der Waals surface area contributed by atoms with E-state index < -0.39 is 16.8 Å². The predicted molar refractivity (Wildman–Crippen MR) is 65.4 cm³/mol. The van der Waals surface area contributed by atoms with E-state index in [1.165, 1.54) is 11.8 Å². The monoisotopic (exact) mass is 264 g/mol. The molecule has 17 heavy (non-hydrogen) atoms. The Balaban J connectivity index is 2.32. The number of aliphatic hydroxyl groups excluding tert-OH is 1. The van der Waals surface area contributed by atoms with Gasteiger partial charge in [-0.2, -0.15) is 0 Å². The standard InChI is InChI=1S/C11H20O5S/c1-15-4-5-16-8-9(12)7-11(10(13)14)3-2-6-17-11/h9,12H,2-8H2,1H3,(H,13,14). The third-order valence-electron chi connectivity index (χ3n) is 2.80. The molecule has 0 saturated carbocycles. The fourth-order valence-corrected chi connectivity index (χ4v) is 3.32. The molecule has 1 aliphatic rings. The molecule has 1 rings (SSSR count). The van der Waals surface area contributed by atoms with Gasteiger partial charge in [-0.15, -0.1) is 11.8 Å². The van der Waals surface area contributed by atoms with Gasteiger partial charge in [0, 0.05) is 13.5 Å². The number of rotatable bonds is 8. The highest BCUT2D eigenvalue weighted by Gasteiger charge is 2.43. The summed E-state index contributed by atoms with van der Waals surface area (Å²) in [7, 11) is 1.58. The molecule has 1 aliphatic heterocycles. The summed E-state index contributed by atoms with van der Waals surface area (Å²) in [6.45, 7) is 1.06. The van der Waals surface area contributed by atoms with Crippen LogP contribution in [-0.4, -0.2) is 59.7 Å². The van der Waals surface area contributed by atoms with Gasteiger partial charge in [-0.05, 0) is 18.6 Å². The molecular formula is C11H20O5S. The number of hydrogen-bond donors (Lipinski definition) is 2. The van der Waals surface area contributed by atoms with Crippen LogP contribution in [0, 0.1) is 0 Å². The highest BCUT2D eigenvalue weighted by Crippen LogP contribution is 2.42. The van der Waals surface area contributed by atoms with Crippen LogP contribution in [0.2, 0.25) is 0 Å². The molecule has 1 saturated heterocycles. The van der Waals surface area contributed by atoms with Crippen molar-refractivity contribution in [3.8, 4) is 0 Å². The first-order valence-corrected chi connectivity index (χ1v) is 6.71. The van der Waals surface area contributed by atoms with Gasteiger partial charge < -0.3 is 19.7 Å². The van der Waals surface area contributed by atoms with Crippen LogP contribution in [0.1, 0.15) is 19.3 Å². The van der Waals surface area contributed by atoms with E-state index in [2.05, 4.69) is 0 Å². The maximum Gasteiger partial charge on any atom is 0.319 e. The van der Waals surface area contributed by atoms with Crippen LogP contribution in [0.3, 0.4) is 0 Å². The number of aliphatic carboxylic acids is 1. The largest absolute Gasteiger partial charge is 0.480 e. The Kier molecular flexibility index (Phi) is 6.26. The second-order valence-corrected chi connectivity index (χ2v) is 5.66.